The van der Waals surface area contributed by atoms with Crippen LogP contribution in [0.15, 0.2) is 30.5 Å². The van der Waals surface area contributed by atoms with Crippen molar-refractivity contribution in [3.63, 3.8) is 0 Å². The van der Waals surface area contributed by atoms with Crippen molar-refractivity contribution in [2.45, 2.75) is 44.7 Å². The lowest BCUT2D eigenvalue weighted by molar-refractivity contribution is 0.0575. The van der Waals surface area contributed by atoms with E-state index in [0.717, 1.165) is 29.6 Å². The van der Waals surface area contributed by atoms with Gasteiger partial charge in [0.25, 0.3) is 5.91 Å². The molecule has 2 aromatic rings. The highest BCUT2D eigenvalue weighted by Gasteiger charge is 2.32. The number of rotatable bonds is 6. The summed E-state index contributed by atoms with van der Waals surface area (Å²) in [6.07, 6.45) is 8.52. The van der Waals surface area contributed by atoms with E-state index in [0.29, 0.717) is 18.6 Å². The van der Waals surface area contributed by atoms with E-state index in [1.807, 2.05) is 18.2 Å². The van der Waals surface area contributed by atoms with Crippen molar-refractivity contribution in [3.05, 3.63) is 36.0 Å². The van der Waals surface area contributed by atoms with Crippen molar-refractivity contribution in [1.29, 1.82) is 0 Å². The Morgan fingerprint density at radius 3 is 2.96 bits per heavy atom. The average molecular weight is 370 g/mol. The van der Waals surface area contributed by atoms with E-state index in [1.54, 1.807) is 7.11 Å². The molecule has 2 atom stereocenters. The molecule has 0 spiro atoms. The van der Waals surface area contributed by atoms with Gasteiger partial charge in [-0.2, -0.15) is 0 Å². The number of methoxy groups -OCH3 is 1. The Bertz CT molecular complexity index is 783. The van der Waals surface area contributed by atoms with Crippen molar-refractivity contribution in [1.82, 2.24) is 14.8 Å². The number of ether oxygens (including phenoxy) is 1. The lowest BCUT2D eigenvalue weighted by Gasteiger charge is -2.44. The van der Waals surface area contributed by atoms with Crippen LogP contribution >= 0.6 is 0 Å². The molecule has 2 unspecified atom stereocenters. The van der Waals surface area contributed by atoms with E-state index in [2.05, 4.69) is 27.0 Å². The SMILES string of the molecule is COCCn1ccc2cc(C(=O)NCC3CCCN4CCCCC34)ccc21. The Morgan fingerprint density at radius 2 is 2.07 bits per heavy atom. The van der Waals surface area contributed by atoms with Gasteiger partial charge in [0.15, 0.2) is 0 Å². The molecule has 2 aliphatic rings. The van der Waals surface area contributed by atoms with Gasteiger partial charge < -0.3 is 19.5 Å². The van der Waals surface area contributed by atoms with Gasteiger partial charge in [-0.3, -0.25) is 4.79 Å². The second-order valence-electron chi connectivity index (χ2n) is 7.99. The summed E-state index contributed by atoms with van der Waals surface area (Å²) in [6, 6.07) is 8.73. The summed E-state index contributed by atoms with van der Waals surface area (Å²) < 4.78 is 7.33. The fourth-order valence-corrected chi connectivity index (χ4v) is 4.87. The zero-order valence-corrected chi connectivity index (χ0v) is 16.3. The van der Waals surface area contributed by atoms with Gasteiger partial charge in [0.1, 0.15) is 0 Å². The highest BCUT2D eigenvalue weighted by atomic mass is 16.5. The van der Waals surface area contributed by atoms with E-state index < -0.39 is 0 Å². The first kappa shape index (κ1) is 18.5. The van der Waals surface area contributed by atoms with E-state index in [4.69, 9.17) is 4.74 Å². The number of fused-ring (bicyclic) bond motifs is 2. The smallest absolute Gasteiger partial charge is 0.251 e. The summed E-state index contributed by atoms with van der Waals surface area (Å²) in [5, 5.41) is 4.32. The molecule has 2 fully saturated rings. The van der Waals surface area contributed by atoms with E-state index in [-0.39, 0.29) is 5.91 Å². The summed E-state index contributed by atoms with van der Waals surface area (Å²) in [5.41, 5.74) is 1.90. The Morgan fingerprint density at radius 1 is 1.19 bits per heavy atom. The molecule has 27 heavy (non-hydrogen) atoms. The number of benzene rings is 1. The van der Waals surface area contributed by atoms with Gasteiger partial charge in [0.2, 0.25) is 0 Å². The van der Waals surface area contributed by atoms with Crippen molar-refractivity contribution in [2.75, 3.05) is 33.4 Å². The number of carbonyl (C=O) groups excluding carboxylic acids is 1. The summed E-state index contributed by atoms with van der Waals surface area (Å²) in [5.74, 6) is 0.649. The maximum atomic E-state index is 12.7. The maximum absolute atomic E-state index is 12.7. The highest BCUT2D eigenvalue weighted by molar-refractivity contribution is 5.98. The van der Waals surface area contributed by atoms with Crippen LogP contribution in [0, 0.1) is 5.92 Å². The molecule has 1 aromatic carbocycles. The molecule has 2 aliphatic heterocycles. The Balaban J connectivity index is 1.39. The molecule has 1 amide bonds. The minimum absolute atomic E-state index is 0.0504. The molecular formula is C22H31N3O2. The molecule has 5 nitrogen and oxygen atoms in total. The number of hydrogen-bond donors (Lipinski definition) is 1. The summed E-state index contributed by atoms with van der Waals surface area (Å²) in [6.45, 7) is 4.79. The number of aromatic nitrogens is 1. The van der Waals surface area contributed by atoms with Crippen molar-refractivity contribution in [3.8, 4) is 0 Å². The number of amides is 1. The first-order chi connectivity index (χ1) is 13.3. The van der Waals surface area contributed by atoms with Gasteiger partial charge in [-0.25, -0.2) is 0 Å². The number of nitrogens with one attached hydrogen (secondary N) is 1. The largest absolute Gasteiger partial charge is 0.383 e. The lowest BCUT2D eigenvalue weighted by Crippen LogP contribution is -2.51. The Kier molecular flexibility index (Phi) is 5.79. The first-order valence-electron chi connectivity index (χ1n) is 10.4. The van der Waals surface area contributed by atoms with Crippen LogP contribution in [0.5, 0.6) is 0 Å². The zero-order valence-electron chi connectivity index (χ0n) is 16.3. The van der Waals surface area contributed by atoms with E-state index in [9.17, 15) is 4.79 Å². The number of nitrogens with zero attached hydrogens (tertiary/aromatic N) is 2. The van der Waals surface area contributed by atoms with Gasteiger partial charge >= 0.3 is 0 Å². The van der Waals surface area contributed by atoms with Crippen LogP contribution < -0.4 is 5.32 Å². The number of carbonyl (C=O) groups is 1. The molecular weight excluding hydrogens is 338 g/mol. The number of piperidine rings is 2. The maximum Gasteiger partial charge on any atom is 0.251 e. The summed E-state index contributed by atoms with van der Waals surface area (Å²) in [4.78, 5) is 15.4. The quantitative estimate of drug-likeness (QED) is 0.850. The second-order valence-corrected chi connectivity index (χ2v) is 7.99. The third-order valence-electron chi connectivity index (χ3n) is 6.32. The van der Waals surface area contributed by atoms with Crippen LogP contribution in [0.25, 0.3) is 10.9 Å². The average Bonchev–Trinajstić information content (AvgIpc) is 3.12. The van der Waals surface area contributed by atoms with Crippen LogP contribution in [0.2, 0.25) is 0 Å². The topological polar surface area (TPSA) is 46.5 Å². The molecule has 1 aromatic heterocycles. The lowest BCUT2D eigenvalue weighted by atomic mass is 9.83. The van der Waals surface area contributed by atoms with Crippen molar-refractivity contribution >= 4 is 16.8 Å². The standard InChI is InChI=1S/C22H31N3O2/c1-27-14-13-25-12-9-17-15-18(7-8-21(17)25)22(26)23-16-19-5-4-11-24-10-3-2-6-20(19)24/h7-9,12,15,19-20H,2-6,10-11,13-14,16H2,1H3,(H,23,26). The van der Waals surface area contributed by atoms with Crippen molar-refractivity contribution < 1.29 is 9.53 Å². The molecule has 146 valence electrons. The van der Waals surface area contributed by atoms with Crippen molar-refractivity contribution in [2.24, 2.45) is 5.92 Å². The van der Waals surface area contributed by atoms with Crippen LogP contribution in [-0.4, -0.2) is 54.8 Å². The van der Waals surface area contributed by atoms with Crippen LogP contribution in [0.1, 0.15) is 42.5 Å². The fourth-order valence-electron chi connectivity index (χ4n) is 4.87. The van der Waals surface area contributed by atoms with Crippen LogP contribution in [-0.2, 0) is 11.3 Å². The highest BCUT2D eigenvalue weighted by Crippen LogP contribution is 2.30. The summed E-state index contributed by atoms with van der Waals surface area (Å²) in [7, 11) is 1.72. The number of hydrogen-bond acceptors (Lipinski definition) is 3. The Hall–Kier alpha value is -1.85. The first-order valence-corrected chi connectivity index (χ1v) is 10.4. The van der Waals surface area contributed by atoms with Gasteiger partial charge in [-0.05, 0) is 69.0 Å². The van der Waals surface area contributed by atoms with E-state index in [1.165, 1.54) is 45.2 Å². The molecule has 0 aliphatic carbocycles. The predicted molar refractivity (Wildman–Crippen MR) is 108 cm³/mol. The molecule has 4 rings (SSSR count). The normalized spacial score (nSPS) is 23.3. The molecule has 3 heterocycles. The monoisotopic (exact) mass is 369 g/mol. The Labute approximate surface area is 161 Å². The fraction of sp³-hybridized carbons (Fsp3) is 0.591. The van der Waals surface area contributed by atoms with Gasteiger partial charge in [0.05, 0.1) is 6.61 Å². The predicted octanol–water partition coefficient (Wildman–Crippen LogP) is 3.28. The molecule has 2 saturated heterocycles. The minimum Gasteiger partial charge on any atom is -0.383 e. The molecule has 5 heteroatoms. The zero-order chi connectivity index (χ0) is 18.6. The van der Waals surface area contributed by atoms with Gasteiger partial charge in [-0.15, -0.1) is 0 Å². The summed E-state index contributed by atoms with van der Waals surface area (Å²) >= 11 is 0. The third kappa shape index (κ3) is 4.04. The minimum atomic E-state index is 0.0504. The molecule has 1 N–H and O–H groups in total. The molecule has 0 radical (unpaired) electrons. The van der Waals surface area contributed by atoms with Crippen LogP contribution in [0.3, 0.4) is 0 Å². The molecule has 0 bridgehead atoms. The molecule has 0 saturated carbocycles. The van der Waals surface area contributed by atoms with E-state index >= 15 is 0 Å². The van der Waals surface area contributed by atoms with Gasteiger partial charge in [-0.1, -0.05) is 6.42 Å². The third-order valence-corrected chi connectivity index (χ3v) is 6.32. The second kappa shape index (κ2) is 8.44. The van der Waals surface area contributed by atoms with Gasteiger partial charge in [0, 0.05) is 48.9 Å². The van der Waals surface area contributed by atoms with Crippen LogP contribution in [0.4, 0.5) is 0 Å².